The number of benzene rings is 1. The lowest BCUT2D eigenvalue weighted by Gasteiger charge is -2.04. The molecule has 19 heavy (non-hydrogen) atoms. The summed E-state index contributed by atoms with van der Waals surface area (Å²) in [5.41, 5.74) is 7.99. The molecule has 102 valence electrons. The zero-order valence-electron chi connectivity index (χ0n) is 11.5. The first kappa shape index (κ1) is 14.0. The van der Waals surface area contributed by atoms with Crippen LogP contribution in [0.4, 0.5) is 0 Å². The number of aryl methyl sites for hydroxylation is 1. The molecule has 2 aromatic rings. The fraction of sp³-hybridized carbons (Fsp3) is 0.400. The third-order valence-corrected chi connectivity index (χ3v) is 4.04. The third-order valence-electron chi connectivity index (χ3n) is 2.87. The Bertz CT molecular complexity index is 498. The molecule has 0 amide bonds. The van der Waals surface area contributed by atoms with Crippen LogP contribution in [0.1, 0.15) is 30.8 Å². The summed E-state index contributed by atoms with van der Waals surface area (Å²) >= 11 is 1.68. The molecule has 2 rings (SSSR count). The highest BCUT2D eigenvalue weighted by molar-refractivity contribution is 7.15. The molecule has 0 saturated heterocycles. The highest BCUT2D eigenvalue weighted by Gasteiger charge is 2.10. The summed E-state index contributed by atoms with van der Waals surface area (Å²) in [7, 11) is 0. The molecule has 0 aliphatic carbocycles. The quantitative estimate of drug-likeness (QED) is 0.876. The second-order valence-corrected chi connectivity index (χ2v) is 5.40. The predicted molar refractivity (Wildman–Crippen MR) is 80.6 cm³/mol. The number of nitrogens with two attached hydrogens (primary N) is 1. The first-order chi connectivity index (χ1) is 9.28. The topological polar surface area (TPSA) is 48.1 Å². The number of nitrogens with zero attached hydrogens (tertiary/aromatic N) is 1. The summed E-state index contributed by atoms with van der Waals surface area (Å²) in [5.74, 6) is 0.914. The highest BCUT2D eigenvalue weighted by atomic mass is 32.1. The van der Waals surface area contributed by atoms with Crippen molar-refractivity contribution in [3.05, 3.63) is 34.8 Å². The van der Waals surface area contributed by atoms with Crippen LogP contribution in [0.5, 0.6) is 5.75 Å². The second kappa shape index (κ2) is 6.68. The van der Waals surface area contributed by atoms with Gasteiger partial charge >= 0.3 is 0 Å². The van der Waals surface area contributed by atoms with Crippen LogP contribution < -0.4 is 10.5 Å². The van der Waals surface area contributed by atoms with Gasteiger partial charge in [-0.05, 0) is 37.1 Å². The minimum atomic E-state index is 0.568. The fourth-order valence-corrected chi connectivity index (χ4v) is 2.89. The van der Waals surface area contributed by atoms with Gasteiger partial charge in [-0.2, -0.15) is 0 Å². The zero-order valence-corrected chi connectivity index (χ0v) is 12.3. The van der Waals surface area contributed by atoms with E-state index in [9.17, 15) is 0 Å². The van der Waals surface area contributed by atoms with Gasteiger partial charge in [-0.1, -0.05) is 13.8 Å². The maximum absolute atomic E-state index is 5.75. The van der Waals surface area contributed by atoms with Crippen molar-refractivity contribution in [1.82, 2.24) is 4.98 Å². The molecule has 0 unspecified atom stereocenters. The second-order valence-electron chi connectivity index (χ2n) is 4.32. The predicted octanol–water partition coefficient (Wildman–Crippen LogP) is 3.62. The molecule has 3 nitrogen and oxygen atoms in total. The molecule has 1 aromatic carbocycles. The lowest BCUT2D eigenvalue weighted by molar-refractivity contribution is 0.317. The SMILES string of the molecule is CCCOc1ccc(-c2nc(CC)c(CN)s2)cc1. The average Bonchev–Trinajstić information content (AvgIpc) is 2.89. The van der Waals surface area contributed by atoms with Gasteiger partial charge in [-0.3, -0.25) is 0 Å². The summed E-state index contributed by atoms with van der Waals surface area (Å²) < 4.78 is 5.58. The Morgan fingerprint density at radius 1 is 1.21 bits per heavy atom. The Hall–Kier alpha value is -1.39. The van der Waals surface area contributed by atoms with Gasteiger partial charge in [-0.25, -0.2) is 4.98 Å². The van der Waals surface area contributed by atoms with Gasteiger partial charge in [0.05, 0.1) is 12.3 Å². The van der Waals surface area contributed by atoms with Crippen LogP contribution in [0.2, 0.25) is 0 Å². The maximum atomic E-state index is 5.75. The Labute approximate surface area is 118 Å². The van der Waals surface area contributed by atoms with Crippen molar-refractivity contribution in [3.63, 3.8) is 0 Å². The Morgan fingerprint density at radius 3 is 2.47 bits per heavy atom. The first-order valence-electron chi connectivity index (χ1n) is 6.70. The van der Waals surface area contributed by atoms with E-state index in [0.717, 1.165) is 41.5 Å². The number of ether oxygens (including phenoxy) is 1. The fourth-order valence-electron chi connectivity index (χ4n) is 1.86. The number of rotatable bonds is 6. The molecule has 1 aromatic heterocycles. The van der Waals surface area contributed by atoms with Gasteiger partial charge in [0.15, 0.2) is 0 Å². The van der Waals surface area contributed by atoms with Crippen molar-refractivity contribution in [3.8, 4) is 16.3 Å². The monoisotopic (exact) mass is 276 g/mol. The number of aromatic nitrogens is 1. The summed E-state index contributed by atoms with van der Waals surface area (Å²) in [4.78, 5) is 5.84. The van der Waals surface area contributed by atoms with E-state index in [1.54, 1.807) is 11.3 Å². The zero-order chi connectivity index (χ0) is 13.7. The van der Waals surface area contributed by atoms with Crippen molar-refractivity contribution in [2.75, 3.05) is 6.61 Å². The van der Waals surface area contributed by atoms with Gasteiger partial charge in [0.2, 0.25) is 0 Å². The number of thiazole rings is 1. The summed E-state index contributed by atoms with van der Waals surface area (Å²) in [5, 5.41) is 1.04. The van der Waals surface area contributed by atoms with Gasteiger partial charge in [-0.15, -0.1) is 11.3 Å². The molecule has 0 radical (unpaired) electrons. The lowest BCUT2D eigenvalue weighted by atomic mass is 10.2. The normalized spacial score (nSPS) is 10.7. The summed E-state index contributed by atoms with van der Waals surface area (Å²) in [6.45, 7) is 5.54. The summed E-state index contributed by atoms with van der Waals surface area (Å²) in [6.07, 6.45) is 1.95. The molecular weight excluding hydrogens is 256 g/mol. The van der Waals surface area contributed by atoms with Crippen LogP contribution in [-0.4, -0.2) is 11.6 Å². The minimum Gasteiger partial charge on any atom is -0.494 e. The first-order valence-corrected chi connectivity index (χ1v) is 7.52. The van der Waals surface area contributed by atoms with Crippen molar-refractivity contribution >= 4 is 11.3 Å². The Balaban J connectivity index is 2.19. The third kappa shape index (κ3) is 3.33. The molecule has 0 saturated carbocycles. The van der Waals surface area contributed by atoms with Gasteiger partial charge in [0.1, 0.15) is 10.8 Å². The van der Waals surface area contributed by atoms with Gasteiger partial charge in [0.25, 0.3) is 0 Å². The van der Waals surface area contributed by atoms with Crippen molar-refractivity contribution in [2.45, 2.75) is 33.2 Å². The molecule has 0 spiro atoms. The maximum Gasteiger partial charge on any atom is 0.123 e. The van der Waals surface area contributed by atoms with Crippen LogP contribution >= 0.6 is 11.3 Å². The van der Waals surface area contributed by atoms with Crippen LogP contribution in [0.3, 0.4) is 0 Å². The van der Waals surface area contributed by atoms with Crippen LogP contribution in [0.15, 0.2) is 24.3 Å². The Morgan fingerprint density at radius 2 is 1.95 bits per heavy atom. The molecule has 0 aliphatic heterocycles. The molecule has 0 fully saturated rings. The van der Waals surface area contributed by atoms with E-state index in [0.29, 0.717) is 6.54 Å². The molecule has 2 N–H and O–H groups in total. The molecular formula is C15H20N2OS. The van der Waals surface area contributed by atoms with E-state index in [1.807, 2.05) is 12.1 Å². The minimum absolute atomic E-state index is 0.568. The van der Waals surface area contributed by atoms with Gasteiger partial charge in [0, 0.05) is 17.0 Å². The van der Waals surface area contributed by atoms with E-state index in [1.165, 1.54) is 4.88 Å². The van der Waals surface area contributed by atoms with Crippen molar-refractivity contribution in [1.29, 1.82) is 0 Å². The van der Waals surface area contributed by atoms with Crippen molar-refractivity contribution in [2.24, 2.45) is 5.73 Å². The molecule has 0 aliphatic rings. The van der Waals surface area contributed by atoms with E-state index in [4.69, 9.17) is 10.5 Å². The molecule has 0 atom stereocenters. The standard InChI is InChI=1S/C15H20N2OS/c1-3-9-18-12-7-5-11(6-8-12)15-17-13(4-2)14(10-16)19-15/h5-8H,3-4,9-10,16H2,1-2H3. The summed E-state index contributed by atoms with van der Waals surface area (Å²) in [6, 6.07) is 8.12. The highest BCUT2D eigenvalue weighted by Crippen LogP contribution is 2.29. The van der Waals surface area contributed by atoms with E-state index >= 15 is 0 Å². The molecule has 0 bridgehead atoms. The number of hydrogen-bond donors (Lipinski definition) is 1. The lowest BCUT2D eigenvalue weighted by Crippen LogP contribution is -1.96. The molecule has 1 heterocycles. The van der Waals surface area contributed by atoms with Crippen LogP contribution in [0, 0.1) is 0 Å². The van der Waals surface area contributed by atoms with Gasteiger partial charge < -0.3 is 10.5 Å². The smallest absolute Gasteiger partial charge is 0.123 e. The average molecular weight is 276 g/mol. The Kier molecular flexibility index (Phi) is 4.93. The number of hydrogen-bond acceptors (Lipinski definition) is 4. The van der Waals surface area contributed by atoms with Crippen molar-refractivity contribution < 1.29 is 4.74 Å². The van der Waals surface area contributed by atoms with Crippen LogP contribution in [-0.2, 0) is 13.0 Å². The molecule has 4 heteroatoms. The van der Waals surface area contributed by atoms with E-state index < -0.39 is 0 Å². The van der Waals surface area contributed by atoms with E-state index in [2.05, 4.69) is 31.0 Å². The van der Waals surface area contributed by atoms with Crippen LogP contribution in [0.25, 0.3) is 10.6 Å². The largest absolute Gasteiger partial charge is 0.494 e. The van der Waals surface area contributed by atoms with E-state index in [-0.39, 0.29) is 0 Å².